The van der Waals surface area contributed by atoms with Gasteiger partial charge in [-0.2, -0.15) is 5.10 Å². The Balaban J connectivity index is 1.73. The highest BCUT2D eigenvalue weighted by molar-refractivity contribution is 5.91. The average molecular weight is 389 g/mol. The highest BCUT2D eigenvalue weighted by Crippen LogP contribution is 2.32. The average Bonchev–Trinajstić information content (AvgIpc) is 3.34. The number of morpholine rings is 1. The number of fused-ring (bicyclic) bond motifs is 1. The second-order valence-electron chi connectivity index (χ2n) is 7.46. The lowest BCUT2D eigenvalue weighted by Gasteiger charge is -2.34. The maximum absolute atomic E-state index is 5.62. The molecule has 1 saturated heterocycles. The van der Waals surface area contributed by atoms with Crippen molar-refractivity contribution in [1.29, 1.82) is 0 Å². The van der Waals surface area contributed by atoms with Crippen LogP contribution in [0.2, 0.25) is 0 Å². The van der Waals surface area contributed by atoms with Gasteiger partial charge in [0.25, 0.3) is 0 Å². The summed E-state index contributed by atoms with van der Waals surface area (Å²) in [4.78, 5) is 19.8. The Labute approximate surface area is 168 Å². The summed E-state index contributed by atoms with van der Waals surface area (Å²) >= 11 is 0. The number of aromatic amines is 2. The van der Waals surface area contributed by atoms with E-state index in [0.717, 1.165) is 51.6 Å². The fraction of sp³-hybridized carbons (Fsp3) is 0.333. The van der Waals surface area contributed by atoms with E-state index in [4.69, 9.17) is 14.7 Å². The molecule has 0 unspecified atom stereocenters. The Morgan fingerprint density at radius 2 is 2.10 bits per heavy atom. The van der Waals surface area contributed by atoms with Gasteiger partial charge >= 0.3 is 0 Å². The van der Waals surface area contributed by atoms with Gasteiger partial charge in [-0.15, -0.1) is 0 Å². The number of pyridine rings is 1. The quantitative estimate of drug-likeness (QED) is 0.558. The number of anilines is 1. The van der Waals surface area contributed by atoms with Gasteiger partial charge in [-0.05, 0) is 32.9 Å². The van der Waals surface area contributed by atoms with Gasteiger partial charge in [0, 0.05) is 47.2 Å². The molecule has 0 saturated carbocycles. The molecule has 29 heavy (non-hydrogen) atoms. The molecule has 4 aromatic rings. The lowest BCUT2D eigenvalue weighted by atomic mass is 10.1. The second-order valence-corrected chi connectivity index (χ2v) is 7.46. The Bertz CT molecular complexity index is 1160. The van der Waals surface area contributed by atoms with Crippen molar-refractivity contribution in [3.63, 3.8) is 0 Å². The third kappa shape index (κ3) is 3.05. The number of hydrogen-bond acceptors (Lipinski definition) is 6. The molecule has 0 aliphatic carbocycles. The predicted molar refractivity (Wildman–Crippen MR) is 112 cm³/mol. The van der Waals surface area contributed by atoms with Crippen molar-refractivity contribution < 1.29 is 4.74 Å². The minimum absolute atomic E-state index is 0.246. The molecule has 0 spiro atoms. The monoisotopic (exact) mass is 389 g/mol. The first-order chi connectivity index (χ1) is 14.1. The molecule has 0 radical (unpaired) electrons. The van der Waals surface area contributed by atoms with Crippen LogP contribution in [0, 0.1) is 13.8 Å². The lowest BCUT2D eigenvalue weighted by Crippen LogP contribution is -2.44. The van der Waals surface area contributed by atoms with E-state index in [-0.39, 0.29) is 6.04 Å². The summed E-state index contributed by atoms with van der Waals surface area (Å²) in [6.07, 6.45) is 3.68. The number of hydrogen-bond donors (Lipinski definition) is 2. The number of rotatable bonds is 3. The van der Waals surface area contributed by atoms with Gasteiger partial charge in [0.1, 0.15) is 11.5 Å². The summed E-state index contributed by atoms with van der Waals surface area (Å²) in [5.41, 5.74) is 5.60. The van der Waals surface area contributed by atoms with E-state index in [2.05, 4.69) is 38.1 Å². The van der Waals surface area contributed by atoms with Crippen LogP contribution in [0.1, 0.15) is 18.3 Å². The Hall–Kier alpha value is -3.26. The first kappa shape index (κ1) is 17.8. The standard InChI is InChI=1S/C21H23N7O/c1-12-11-29-9-8-28(12)18-10-17(19-13(2)26-27-14(19)3)24-21(25-18)16-5-7-23-20-15(16)4-6-22-20/h4-7,10,12H,8-9,11H2,1-3H3,(H,22,23)(H,26,27)/t12-/m1/s1. The second kappa shape index (κ2) is 6.97. The molecule has 8 nitrogen and oxygen atoms in total. The summed E-state index contributed by atoms with van der Waals surface area (Å²) in [6.45, 7) is 8.36. The molecule has 0 aromatic carbocycles. The molecule has 148 valence electrons. The first-order valence-corrected chi connectivity index (χ1v) is 9.79. The van der Waals surface area contributed by atoms with E-state index < -0.39 is 0 Å². The number of H-pyrrole nitrogens is 2. The van der Waals surface area contributed by atoms with Crippen LogP contribution in [0.25, 0.3) is 33.7 Å². The molecule has 0 amide bonds. The topological polar surface area (TPSA) is 95.6 Å². The van der Waals surface area contributed by atoms with Crippen LogP contribution in [0.4, 0.5) is 5.82 Å². The molecule has 5 rings (SSSR count). The van der Waals surface area contributed by atoms with Crippen molar-refractivity contribution in [2.45, 2.75) is 26.8 Å². The van der Waals surface area contributed by atoms with E-state index >= 15 is 0 Å². The third-order valence-corrected chi connectivity index (χ3v) is 5.46. The lowest BCUT2D eigenvalue weighted by molar-refractivity contribution is 0.0985. The van der Waals surface area contributed by atoms with Crippen molar-refractivity contribution in [3.8, 4) is 22.6 Å². The van der Waals surface area contributed by atoms with E-state index in [1.807, 2.05) is 32.2 Å². The molecule has 5 heterocycles. The molecule has 1 aliphatic heterocycles. The number of nitrogens with zero attached hydrogens (tertiary/aromatic N) is 5. The minimum Gasteiger partial charge on any atom is -0.377 e. The van der Waals surface area contributed by atoms with Crippen LogP contribution in [0.3, 0.4) is 0 Å². The zero-order valence-corrected chi connectivity index (χ0v) is 16.7. The van der Waals surface area contributed by atoms with Crippen LogP contribution < -0.4 is 4.90 Å². The van der Waals surface area contributed by atoms with Gasteiger partial charge in [-0.1, -0.05) is 0 Å². The molecule has 8 heteroatoms. The third-order valence-electron chi connectivity index (χ3n) is 5.46. The van der Waals surface area contributed by atoms with Crippen molar-refractivity contribution >= 4 is 16.9 Å². The summed E-state index contributed by atoms with van der Waals surface area (Å²) in [5.74, 6) is 1.59. The van der Waals surface area contributed by atoms with Gasteiger partial charge in [0.2, 0.25) is 0 Å². The van der Waals surface area contributed by atoms with Crippen LogP contribution in [0.5, 0.6) is 0 Å². The smallest absolute Gasteiger partial charge is 0.162 e. The van der Waals surface area contributed by atoms with E-state index in [0.29, 0.717) is 19.0 Å². The maximum atomic E-state index is 5.62. The number of nitrogens with one attached hydrogen (secondary N) is 2. The molecule has 0 bridgehead atoms. The molecule has 1 fully saturated rings. The van der Waals surface area contributed by atoms with Gasteiger partial charge in [0.15, 0.2) is 5.82 Å². The van der Waals surface area contributed by atoms with Crippen molar-refractivity contribution in [2.24, 2.45) is 0 Å². The molecule has 1 aliphatic rings. The Morgan fingerprint density at radius 3 is 2.90 bits per heavy atom. The summed E-state index contributed by atoms with van der Waals surface area (Å²) in [5, 5.41) is 8.43. The van der Waals surface area contributed by atoms with E-state index in [1.54, 1.807) is 6.20 Å². The van der Waals surface area contributed by atoms with Crippen LogP contribution in [-0.2, 0) is 4.74 Å². The van der Waals surface area contributed by atoms with Gasteiger partial charge in [-0.3, -0.25) is 5.10 Å². The highest BCUT2D eigenvalue weighted by Gasteiger charge is 2.23. The fourth-order valence-electron chi connectivity index (χ4n) is 3.98. The van der Waals surface area contributed by atoms with E-state index in [1.165, 1.54) is 0 Å². The zero-order chi connectivity index (χ0) is 20.0. The predicted octanol–water partition coefficient (Wildman–Crippen LogP) is 3.25. The van der Waals surface area contributed by atoms with E-state index in [9.17, 15) is 0 Å². The first-order valence-electron chi connectivity index (χ1n) is 9.79. The number of ether oxygens (including phenoxy) is 1. The van der Waals surface area contributed by atoms with Crippen molar-refractivity contribution in [3.05, 3.63) is 42.0 Å². The van der Waals surface area contributed by atoms with Gasteiger partial charge in [0.05, 0.1) is 30.6 Å². The SMILES string of the molecule is Cc1n[nH]c(C)c1-c1cc(N2CCOC[C@H]2C)nc(-c2ccnc3[nH]ccc23)n1. The molecule has 1 atom stereocenters. The van der Waals surface area contributed by atoms with Gasteiger partial charge in [-0.25, -0.2) is 15.0 Å². The van der Waals surface area contributed by atoms with Crippen LogP contribution in [-0.4, -0.2) is 55.9 Å². The molecule has 4 aromatic heterocycles. The van der Waals surface area contributed by atoms with Crippen LogP contribution >= 0.6 is 0 Å². The summed E-state index contributed by atoms with van der Waals surface area (Å²) in [6, 6.07) is 6.29. The Morgan fingerprint density at radius 1 is 1.21 bits per heavy atom. The normalized spacial score (nSPS) is 17.2. The maximum Gasteiger partial charge on any atom is 0.162 e. The number of aromatic nitrogens is 6. The zero-order valence-electron chi connectivity index (χ0n) is 16.7. The van der Waals surface area contributed by atoms with Crippen molar-refractivity contribution in [2.75, 3.05) is 24.7 Å². The Kier molecular flexibility index (Phi) is 4.28. The molecular formula is C21H23N7O. The van der Waals surface area contributed by atoms with Crippen LogP contribution in [0.15, 0.2) is 30.6 Å². The minimum atomic E-state index is 0.246. The fourth-order valence-corrected chi connectivity index (χ4v) is 3.98. The number of aryl methyl sites for hydroxylation is 2. The summed E-state index contributed by atoms with van der Waals surface area (Å²) in [7, 11) is 0. The largest absolute Gasteiger partial charge is 0.377 e. The summed E-state index contributed by atoms with van der Waals surface area (Å²) < 4.78 is 5.62. The molecule has 2 N–H and O–H groups in total. The highest BCUT2D eigenvalue weighted by atomic mass is 16.5. The molecular weight excluding hydrogens is 366 g/mol. The van der Waals surface area contributed by atoms with Gasteiger partial charge < -0.3 is 14.6 Å². The van der Waals surface area contributed by atoms with Crippen molar-refractivity contribution in [1.82, 2.24) is 30.1 Å².